The summed E-state index contributed by atoms with van der Waals surface area (Å²) in [5.74, 6) is 0. The highest BCUT2D eigenvalue weighted by Crippen LogP contribution is 2.17. The predicted octanol–water partition coefficient (Wildman–Crippen LogP) is 3.41. The highest BCUT2D eigenvalue weighted by Gasteiger charge is 2.03. The number of halogens is 1. The first-order chi connectivity index (χ1) is 6.69. The molecule has 1 aromatic rings. The van der Waals surface area contributed by atoms with Crippen molar-refractivity contribution in [1.82, 2.24) is 0 Å². The van der Waals surface area contributed by atoms with Crippen molar-refractivity contribution in [2.75, 3.05) is 7.11 Å². The molecule has 0 heterocycles. The Labute approximate surface area is 89.5 Å². The highest BCUT2D eigenvalue weighted by molar-refractivity contribution is 6.31. The summed E-state index contributed by atoms with van der Waals surface area (Å²) in [7, 11) is 1.55. The smallest absolute Gasteiger partial charge is 0.106 e. The molecular formula is C11H14ClNO. The quantitative estimate of drug-likeness (QED) is 0.555. The summed E-state index contributed by atoms with van der Waals surface area (Å²) in [5, 5.41) is 4.74. The normalized spacial score (nSPS) is 11.6. The standard InChI is InChI=1S/C11H14ClNO/c1-4-11(13-14-3)9-5-6-10(12)8(2)7-9/h5-7H,4H2,1-3H3/b13-11+. The van der Waals surface area contributed by atoms with Gasteiger partial charge in [-0.05, 0) is 36.6 Å². The number of benzene rings is 1. The maximum Gasteiger partial charge on any atom is 0.106 e. The lowest BCUT2D eigenvalue weighted by atomic mass is 10.1. The fraction of sp³-hybridized carbons (Fsp3) is 0.364. The molecule has 0 saturated carbocycles. The molecule has 0 aliphatic heterocycles. The minimum absolute atomic E-state index is 0.779. The van der Waals surface area contributed by atoms with Crippen LogP contribution in [-0.4, -0.2) is 12.8 Å². The summed E-state index contributed by atoms with van der Waals surface area (Å²) in [6.45, 7) is 4.02. The van der Waals surface area contributed by atoms with Gasteiger partial charge in [-0.3, -0.25) is 0 Å². The van der Waals surface area contributed by atoms with E-state index in [1.807, 2.05) is 32.0 Å². The van der Waals surface area contributed by atoms with E-state index in [0.29, 0.717) is 0 Å². The summed E-state index contributed by atoms with van der Waals surface area (Å²) in [4.78, 5) is 4.77. The van der Waals surface area contributed by atoms with E-state index in [1.54, 1.807) is 7.11 Å². The molecular weight excluding hydrogens is 198 g/mol. The van der Waals surface area contributed by atoms with Gasteiger partial charge in [-0.15, -0.1) is 0 Å². The Bertz CT molecular complexity index is 347. The second-order valence-corrected chi connectivity index (χ2v) is 3.45. The van der Waals surface area contributed by atoms with Crippen molar-refractivity contribution < 1.29 is 4.84 Å². The van der Waals surface area contributed by atoms with Crippen LogP contribution in [0.3, 0.4) is 0 Å². The molecule has 0 N–H and O–H groups in total. The molecule has 0 spiro atoms. The van der Waals surface area contributed by atoms with Gasteiger partial charge in [0.2, 0.25) is 0 Å². The minimum atomic E-state index is 0.779. The molecule has 0 fully saturated rings. The van der Waals surface area contributed by atoms with Crippen molar-refractivity contribution in [2.24, 2.45) is 5.16 Å². The summed E-state index contributed by atoms with van der Waals surface area (Å²) in [6, 6.07) is 5.85. The van der Waals surface area contributed by atoms with Gasteiger partial charge in [0.25, 0.3) is 0 Å². The lowest BCUT2D eigenvalue weighted by Gasteiger charge is -2.05. The van der Waals surface area contributed by atoms with Crippen LogP contribution < -0.4 is 0 Å². The number of hydrogen-bond acceptors (Lipinski definition) is 2. The molecule has 1 rings (SSSR count). The topological polar surface area (TPSA) is 21.6 Å². The molecule has 0 atom stereocenters. The molecule has 0 radical (unpaired) electrons. The van der Waals surface area contributed by atoms with Gasteiger partial charge in [0.05, 0.1) is 5.71 Å². The lowest BCUT2D eigenvalue weighted by Crippen LogP contribution is -2.00. The molecule has 0 aliphatic carbocycles. The molecule has 0 saturated heterocycles. The first kappa shape index (κ1) is 11.1. The van der Waals surface area contributed by atoms with E-state index in [9.17, 15) is 0 Å². The molecule has 2 nitrogen and oxygen atoms in total. The second-order valence-electron chi connectivity index (χ2n) is 3.04. The maximum atomic E-state index is 5.93. The second kappa shape index (κ2) is 5.01. The number of oxime groups is 1. The third-order valence-electron chi connectivity index (χ3n) is 2.03. The van der Waals surface area contributed by atoms with Crippen LogP contribution >= 0.6 is 11.6 Å². The Morgan fingerprint density at radius 3 is 2.71 bits per heavy atom. The van der Waals surface area contributed by atoms with Crippen molar-refractivity contribution in [3.63, 3.8) is 0 Å². The number of aryl methyl sites for hydroxylation is 1. The fourth-order valence-electron chi connectivity index (χ4n) is 1.26. The van der Waals surface area contributed by atoms with Gasteiger partial charge in [-0.1, -0.05) is 29.7 Å². The van der Waals surface area contributed by atoms with Crippen LogP contribution in [0.15, 0.2) is 23.4 Å². The van der Waals surface area contributed by atoms with Crippen LogP contribution in [0, 0.1) is 6.92 Å². The largest absolute Gasteiger partial charge is 0.399 e. The van der Waals surface area contributed by atoms with Gasteiger partial charge in [0.1, 0.15) is 7.11 Å². The maximum absolute atomic E-state index is 5.93. The summed E-state index contributed by atoms with van der Waals surface area (Å²) < 4.78 is 0. The van der Waals surface area contributed by atoms with Crippen LogP contribution in [0.25, 0.3) is 0 Å². The van der Waals surface area contributed by atoms with E-state index in [2.05, 4.69) is 5.16 Å². The van der Waals surface area contributed by atoms with Crippen molar-refractivity contribution >= 4 is 17.3 Å². The zero-order valence-electron chi connectivity index (χ0n) is 8.67. The SMILES string of the molecule is CC/C(=N\OC)c1ccc(Cl)c(C)c1. The first-order valence-electron chi connectivity index (χ1n) is 4.55. The minimum Gasteiger partial charge on any atom is -0.399 e. The van der Waals surface area contributed by atoms with Gasteiger partial charge in [-0.25, -0.2) is 0 Å². The Kier molecular flexibility index (Phi) is 3.96. The van der Waals surface area contributed by atoms with Gasteiger partial charge in [0, 0.05) is 5.02 Å². The highest BCUT2D eigenvalue weighted by atomic mass is 35.5. The summed E-state index contributed by atoms with van der Waals surface area (Å²) in [6.07, 6.45) is 0.842. The van der Waals surface area contributed by atoms with Gasteiger partial charge in [-0.2, -0.15) is 0 Å². The van der Waals surface area contributed by atoms with E-state index in [1.165, 1.54) is 0 Å². The van der Waals surface area contributed by atoms with Gasteiger partial charge in [0.15, 0.2) is 0 Å². The molecule has 76 valence electrons. The van der Waals surface area contributed by atoms with Crippen LogP contribution in [0.2, 0.25) is 5.02 Å². The molecule has 0 amide bonds. The van der Waals surface area contributed by atoms with Crippen molar-refractivity contribution in [2.45, 2.75) is 20.3 Å². The van der Waals surface area contributed by atoms with Gasteiger partial charge >= 0.3 is 0 Å². The summed E-state index contributed by atoms with van der Waals surface area (Å²) >= 11 is 5.93. The van der Waals surface area contributed by atoms with E-state index in [4.69, 9.17) is 16.4 Å². The molecule has 0 aromatic heterocycles. The van der Waals surface area contributed by atoms with Crippen molar-refractivity contribution in [3.8, 4) is 0 Å². The Balaban J connectivity index is 3.06. The molecule has 14 heavy (non-hydrogen) atoms. The average molecular weight is 212 g/mol. The van der Waals surface area contributed by atoms with Crippen molar-refractivity contribution in [1.29, 1.82) is 0 Å². The predicted molar refractivity (Wildman–Crippen MR) is 60.0 cm³/mol. The number of rotatable bonds is 3. The van der Waals surface area contributed by atoms with E-state index in [0.717, 1.165) is 28.3 Å². The fourth-order valence-corrected chi connectivity index (χ4v) is 1.37. The summed E-state index contributed by atoms with van der Waals surface area (Å²) in [5.41, 5.74) is 3.06. The molecule has 1 aromatic carbocycles. The molecule has 3 heteroatoms. The van der Waals surface area contributed by atoms with Crippen LogP contribution in [0.4, 0.5) is 0 Å². The zero-order valence-corrected chi connectivity index (χ0v) is 9.43. The molecule has 0 aliphatic rings. The third-order valence-corrected chi connectivity index (χ3v) is 2.45. The Morgan fingerprint density at radius 1 is 1.50 bits per heavy atom. The number of nitrogens with zero attached hydrogens (tertiary/aromatic N) is 1. The monoisotopic (exact) mass is 211 g/mol. The first-order valence-corrected chi connectivity index (χ1v) is 4.93. The van der Waals surface area contributed by atoms with Gasteiger partial charge < -0.3 is 4.84 Å². The lowest BCUT2D eigenvalue weighted by molar-refractivity contribution is 0.213. The van der Waals surface area contributed by atoms with E-state index < -0.39 is 0 Å². The average Bonchev–Trinajstić information content (AvgIpc) is 2.19. The zero-order chi connectivity index (χ0) is 10.6. The van der Waals surface area contributed by atoms with E-state index >= 15 is 0 Å². The molecule has 0 bridgehead atoms. The van der Waals surface area contributed by atoms with Crippen LogP contribution in [-0.2, 0) is 4.84 Å². The van der Waals surface area contributed by atoms with Crippen molar-refractivity contribution in [3.05, 3.63) is 34.3 Å². The number of hydrogen-bond donors (Lipinski definition) is 0. The van der Waals surface area contributed by atoms with Crippen LogP contribution in [0.5, 0.6) is 0 Å². The van der Waals surface area contributed by atoms with E-state index in [-0.39, 0.29) is 0 Å². The Morgan fingerprint density at radius 2 is 2.21 bits per heavy atom. The van der Waals surface area contributed by atoms with Crippen LogP contribution in [0.1, 0.15) is 24.5 Å². The third kappa shape index (κ3) is 2.48. The Hall–Kier alpha value is -1.02. The molecule has 0 unspecified atom stereocenters.